The van der Waals surface area contributed by atoms with Crippen molar-refractivity contribution < 1.29 is 0 Å². The maximum atomic E-state index is 3.44. The predicted molar refractivity (Wildman–Crippen MR) is 40.5 cm³/mol. The molecular weight excluding hydrogens is 110 g/mol. The van der Waals surface area contributed by atoms with Gasteiger partial charge in [-0.1, -0.05) is 13.3 Å². The summed E-state index contributed by atoms with van der Waals surface area (Å²) in [7, 11) is 0. The molecule has 0 unspecified atom stereocenters. The van der Waals surface area contributed by atoms with Crippen molar-refractivity contribution in [2.45, 2.75) is 32.6 Å². The van der Waals surface area contributed by atoms with Gasteiger partial charge in [-0.05, 0) is 38.3 Å². The van der Waals surface area contributed by atoms with Gasteiger partial charge >= 0.3 is 0 Å². The fraction of sp³-hybridized carbons (Fsp3) is 1.00. The Balaban J connectivity index is 1.80. The Kier molecular flexibility index (Phi) is 3.05. The van der Waals surface area contributed by atoms with E-state index in [1.165, 1.54) is 38.8 Å². The highest BCUT2D eigenvalue weighted by molar-refractivity contribution is 4.71. The van der Waals surface area contributed by atoms with Crippen LogP contribution in [0.3, 0.4) is 0 Å². The second-order valence-electron chi connectivity index (χ2n) is 3.00. The highest BCUT2D eigenvalue weighted by atomic mass is 14.9. The van der Waals surface area contributed by atoms with Crippen molar-refractivity contribution in [1.29, 1.82) is 0 Å². The Morgan fingerprint density at radius 2 is 2.22 bits per heavy atom. The van der Waals surface area contributed by atoms with E-state index in [9.17, 15) is 0 Å². The third-order valence-corrected chi connectivity index (χ3v) is 2.08. The highest BCUT2D eigenvalue weighted by Crippen LogP contribution is 2.24. The topological polar surface area (TPSA) is 12.0 Å². The maximum Gasteiger partial charge on any atom is -0.00205 e. The molecule has 0 radical (unpaired) electrons. The first-order valence-corrected chi connectivity index (χ1v) is 4.14. The van der Waals surface area contributed by atoms with Gasteiger partial charge in [0.25, 0.3) is 0 Å². The lowest BCUT2D eigenvalue weighted by molar-refractivity contribution is 0.302. The van der Waals surface area contributed by atoms with E-state index in [-0.39, 0.29) is 0 Å². The summed E-state index contributed by atoms with van der Waals surface area (Å²) in [6, 6.07) is 0. The van der Waals surface area contributed by atoms with Gasteiger partial charge in [0.1, 0.15) is 0 Å². The Morgan fingerprint density at radius 1 is 1.44 bits per heavy atom. The molecule has 0 aromatic rings. The van der Waals surface area contributed by atoms with E-state index in [1.807, 2.05) is 0 Å². The van der Waals surface area contributed by atoms with Crippen molar-refractivity contribution >= 4 is 0 Å². The number of nitrogens with one attached hydrogen (secondary N) is 1. The van der Waals surface area contributed by atoms with Gasteiger partial charge in [0.15, 0.2) is 0 Å². The van der Waals surface area contributed by atoms with Gasteiger partial charge in [-0.3, -0.25) is 0 Å². The molecule has 0 amide bonds. The number of hydrogen-bond acceptors (Lipinski definition) is 1. The Labute approximate surface area is 57.8 Å². The maximum absolute atomic E-state index is 3.44. The molecule has 54 valence electrons. The first-order valence-electron chi connectivity index (χ1n) is 4.14. The first-order chi connectivity index (χ1) is 4.43. The summed E-state index contributed by atoms with van der Waals surface area (Å²) in [5.74, 6) is 1.02. The van der Waals surface area contributed by atoms with Crippen LogP contribution in [0.15, 0.2) is 0 Å². The molecule has 1 rings (SSSR count). The van der Waals surface area contributed by atoms with E-state index in [2.05, 4.69) is 12.2 Å². The lowest BCUT2D eigenvalue weighted by Crippen LogP contribution is -2.27. The van der Waals surface area contributed by atoms with E-state index >= 15 is 0 Å². The van der Waals surface area contributed by atoms with Crippen LogP contribution in [0.2, 0.25) is 0 Å². The zero-order chi connectivity index (χ0) is 6.53. The molecule has 0 atom stereocenters. The zero-order valence-corrected chi connectivity index (χ0v) is 6.32. The molecule has 1 aliphatic carbocycles. The number of rotatable bonds is 4. The van der Waals surface area contributed by atoms with Crippen LogP contribution in [-0.4, -0.2) is 13.1 Å². The van der Waals surface area contributed by atoms with Crippen LogP contribution < -0.4 is 5.32 Å². The Morgan fingerprint density at radius 3 is 2.67 bits per heavy atom. The SMILES string of the molecule is CCCNCC1CCC1. The first kappa shape index (κ1) is 7.07. The van der Waals surface area contributed by atoms with Crippen molar-refractivity contribution in [1.82, 2.24) is 5.32 Å². The smallest absolute Gasteiger partial charge is 0.00205 e. The molecular formula is C8H17N. The molecule has 1 aliphatic rings. The van der Waals surface area contributed by atoms with Crippen LogP contribution in [0.1, 0.15) is 32.6 Å². The van der Waals surface area contributed by atoms with Crippen molar-refractivity contribution in [3.8, 4) is 0 Å². The van der Waals surface area contributed by atoms with Crippen molar-refractivity contribution in [3.63, 3.8) is 0 Å². The van der Waals surface area contributed by atoms with Crippen LogP contribution in [0.4, 0.5) is 0 Å². The molecule has 1 N–H and O–H groups in total. The van der Waals surface area contributed by atoms with E-state index in [4.69, 9.17) is 0 Å². The van der Waals surface area contributed by atoms with Gasteiger partial charge in [0.2, 0.25) is 0 Å². The van der Waals surface area contributed by atoms with E-state index in [0.717, 1.165) is 5.92 Å². The van der Waals surface area contributed by atoms with Gasteiger partial charge in [-0.2, -0.15) is 0 Å². The van der Waals surface area contributed by atoms with Gasteiger partial charge in [0.05, 0.1) is 0 Å². The van der Waals surface area contributed by atoms with Crippen LogP contribution in [-0.2, 0) is 0 Å². The summed E-state index contributed by atoms with van der Waals surface area (Å²) in [4.78, 5) is 0. The van der Waals surface area contributed by atoms with Gasteiger partial charge in [-0.15, -0.1) is 0 Å². The van der Waals surface area contributed by atoms with Crippen LogP contribution in [0, 0.1) is 5.92 Å². The summed E-state index contributed by atoms with van der Waals surface area (Å²) >= 11 is 0. The molecule has 1 saturated carbocycles. The molecule has 0 bridgehead atoms. The summed E-state index contributed by atoms with van der Waals surface area (Å²) < 4.78 is 0. The molecule has 0 saturated heterocycles. The molecule has 0 heterocycles. The van der Waals surface area contributed by atoms with E-state index in [1.54, 1.807) is 0 Å². The Bertz CT molecular complexity index is 67.0. The normalized spacial score (nSPS) is 19.7. The molecule has 9 heavy (non-hydrogen) atoms. The average Bonchev–Trinajstić information content (AvgIpc) is 1.76. The molecule has 1 heteroatoms. The fourth-order valence-electron chi connectivity index (χ4n) is 1.18. The standard InChI is InChI=1S/C8H17N/c1-2-6-9-7-8-4-3-5-8/h8-9H,2-7H2,1H3. The predicted octanol–water partition coefficient (Wildman–Crippen LogP) is 1.79. The van der Waals surface area contributed by atoms with Gasteiger partial charge in [-0.25, -0.2) is 0 Å². The minimum atomic E-state index is 1.02. The fourth-order valence-corrected chi connectivity index (χ4v) is 1.18. The van der Waals surface area contributed by atoms with Gasteiger partial charge in [0, 0.05) is 0 Å². The third kappa shape index (κ3) is 2.35. The summed E-state index contributed by atoms with van der Waals surface area (Å²) in [6.45, 7) is 4.69. The van der Waals surface area contributed by atoms with Crippen LogP contribution in [0.25, 0.3) is 0 Å². The third-order valence-electron chi connectivity index (χ3n) is 2.08. The summed E-state index contributed by atoms with van der Waals surface area (Å²) in [5.41, 5.74) is 0. The quantitative estimate of drug-likeness (QED) is 0.568. The van der Waals surface area contributed by atoms with E-state index < -0.39 is 0 Å². The Hall–Kier alpha value is -0.0400. The largest absolute Gasteiger partial charge is 0.316 e. The molecule has 1 fully saturated rings. The lowest BCUT2D eigenvalue weighted by atomic mass is 9.85. The molecule has 1 nitrogen and oxygen atoms in total. The molecule has 0 spiro atoms. The number of hydrogen-bond donors (Lipinski definition) is 1. The monoisotopic (exact) mass is 127 g/mol. The van der Waals surface area contributed by atoms with Crippen LogP contribution >= 0.6 is 0 Å². The van der Waals surface area contributed by atoms with Crippen LogP contribution in [0.5, 0.6) is 0 Å². The van der Waals surface area contributed by atoms with Crippen molar-refractivity contribution in [2.24, 2.45) is 5.92 Å². The average molecular weight is 127 g/mol. The second kappa shape index (κ2) is 3.89. The second-order valence-corrected chi connectivity index (χ2v) is 3.00. The summed E-state index contributed by atoms with van der Waals surface area (Å²) in [5, 5.41) is 3.44. The minimum absolute atomic E-state index is 1.02. The molecule has 0 aromatic heterocycles. The van der Waals surface area contributed by atoms with Crippen molar-refractivity contribution in [3.05, 3.63) is 0 Å². The summed E-state index contributed by atoms with van der Waals surface area (Å²) in [6.07, 6.45) is 5.68. The molecule has 0 aromatic carbocycles. The van der Waals surface area contributed by atoms with Crippen molar-refractivity contribution in [2.75, 3.05) is 13.1 Å². The van der Waals surface area contributed by atoms with Gasteiger partial charge < -0.3 is 5.32 Å². The molecule has 0 aliphatic heterocycles. The highest BCUT2D eigenvalue weighted by Gasteiger charge is 2.15. The minimum Gasteiger partial charge on any atom is -0.316 e. The lowest BCUT2D eigenvalue weighted by Gasteiger charge is -2.25. The zero-order valence-electron chi connectivity index (χ0n) is 6.32. The van der Waals surface area contributed by atoms with E-state index in [0.29, 0.717) is 0 Å².